The minimum Gasteiger partial charge on any atom is -0.367 e. The summed E-state index contributed by atoms with van der Waals surface area (Å²) in [5.74, 6) is -0.674. The van der Waals surface area contributed by atoms with Crippen molar-refractivity contribution in [2.75, 3.05) is 6.54 Å². The van der Waals surface area contributed by atoms with Crippen LogP contribution in [0.4, 0.5) is 5.69 Å². The summed E-state index contributed by atoms with van der Waals surface area (Å²) < 4.78 is 22.3. The highest BCUT2D eigenvalue weighted by Crippen LogP contribution is 2.68. The third kappa shape index (κ3) is 4.87. The zero-order valence-corrected chi connectivity index (χ0v) is 14.5. The first-order chi connectivity index (χ1) is 10.9. The zero-order valence-electron chi connectivity index (χ0n) is 11.9. The highest BCUT2D eigenvalue weighted by Gasteiger charge is 2.58. The Kier molecular flexibility index (Phi) is 6.72. The molecule has 0 fully saturated rings. The molecule has 0 saturated carbocycles. The molecule has 0 bridgehead atoms. The molecule has 0 aliphatic rings. The van der Waals surface area contributed by atoms with E-state index in [1.54, 1.807) is 0 Å². The van der Waals surface area contributed by atoms with Crippen LogP contribution in [0.1, 0.15) is 16.8 Å². The van der Waals surface area contributed by atoms with Crippen LogP contribution in [-0.2, 0) is 9.13 Å². The molecule has 132 valence electrons. The molecule has 0 spiro atoms. The normalized spacial score (nSPS) is 12.4. The number of hydrogen-bond acceptors (Lipinski definition) is 6. The molecule has 0 unspecified atom stereocenters. The lowest BCUT2D eigenvalue weighted by atomic mass is 10.2. The molecule has 24 heavy (non-hydrogen) atoms. The van der Waals surface area contributed by atoms with Gasteiger partial charge in [0.25, 0.3) is 11.0 Å². The summed E-state index contributed by atoms with van der Waals surface area (Å²) in [6, 6.07) is 5.71. The van der Waals surface area contributed by atoms with Crippen molar-refractivity contribution < 1.29 is 38.6 Å². The molecule has 1 aromatic carbocycles. The predicted molar refractivity (Wildman–Crippen MR) is 87.1 cm³/mol. The van der Waals surface area contributed by atoms with Gasteiger partial charge in [0, 0.05) is 18.5 Å². The van der Waals surface area contributed by atoms with E-state index in [-0.39, 0.29) is 5.56 Å². The Morgan fingerprint density at radius 1 is 1.17 bits per heavy atom. The molecule has 6 N–H and O–H groups in total. The fraction of sp³-hybridized carbons (Fsp3) is 0.273. The smallest absolute Gasteiger partial charge is 0.367 e. The number of rotatable bonds is 7. The van der Waals surface area contributed by atoms with Crippen molar-refractivity contribution >= 4 is 44.2 Å². The fourth-order valence-electron chi connectivity index (χ4n) is 1.65. The van der Waals surface area contributed by atoms with Crippen molar-refractivity contribution in [2.45, 2.75) is 11.5 Å². The number of nitrogens with one attached hydrogen (secondary N) is 1. The lowest BCUT2D eigenvalue weighted by Gasteiger charge is -2.29. The molecule has 1 amide bonds. The maximum absolute atomic E-state index is 11.9. The second kappa shape index (κ2) is 7.76. The number of isothiocyanates is 1. The van der Waals surface area contributed by atoms with Gasteiger partial charge in [-0.15, -0.1) is 0 Å². The van der Waals surface area contributed by atoms with Gasteiger partial charge >= 0.3 is 15.2 Å². The second-order valence-electron chi connectivity index (χ2n) is 4.62. The Balaban J connectivity index is 2.78. The van der Waals surface area contributed by atoms with Crippen LogP contribution in [0.15, 0.2) is 29.3 Å². The van der Waals surface area contributed by atoms with Crippen molar-refractivity contribution in [1.82, 2.24) is 5.32 Å². The summed E-state index contributed by atoms with van der Waals surface area (Å²) in [6.45, 7) is -0.578. The van der Waals surface area contributed by atoms with Crippen LogP contribution in [-0.4, -0.2) is 47.4 Å². The van der Waals surface area contributed by atoms with Gasteiger partial charge in [0.15, 0.2) is 0 Å². The van der Waals surface area contributed by atoms with Crippen LogP contribution in [0.2, 0.25) is 0 Å². The largest absolute Gasteiger partial charge is 0.369 e. The van der Waals surface area contributed by atoms with Crippen LogP contribution in [0.3, 0.4) is 0 Å². The Morgan fingerprint density at radius 2 is 1.67 bits per heavy atom. The highest BCUT2D eigenvalue weighted by atomic mass is 32.1. The number of carbonyl (C=O) groups is 1. The van der Waals surface area contributed by atoms with Gasteiger partial charge in [0.2, 0.25) is 0 Å². The van der Waals surface area contributed by atoms with Crippen LogP contribution in [0.5, 0.6) is 0 Å². The quantitative estimate of drug-likeness (QED) is 0.218. The highest BCUT2D eigenvalue weighted by molar-refractivity contribution is 7.78. The molecule has 0 saturated heterocycles. The molecule has 0 heterocycles. The van der Waals surface area contributed by atoms with E-state index in [2.05, 4.69) is 27.7 Å². The standard InChI is InChI=1S/C11H14N2O8P2S/c14-10(8-1-3-9(4-2-8)13-7-24)12-6-5-11(15,22(16,17)18)23(19,20)21/h1-4,15H,5-6H2,(H,12,14)(H2,16,17,18)(H2,19,20,21). The summed E-state index contributed by atoms with van der Waals surface area (Å²) in [7, 11) is -11.1. The van der Waals surface area contributed by atoms with Crippen LogP contribution in [0.25, 0.3) is 0 Å². The van der Waals surface area contributed by atoms with E-state index in [1.165, 1.54) is 24.3 Å². The van der Waals surface area contributed by atoms with Gasteiger partial charge in [-0.25, -0.2) is 0 Å². The maximum atomic E-state index is 11.9. The van der Waals surface area contributed by atoms with Crippen molar-refractivity contribution in [3.05, 3.63) is 29.8 Å². The Hall–Kier alpha value is -1.25. The SMILES string of the molecule is O=C(NCCC(O)(P(=O)(O)O)P(=O)(O)O)c1ccc(N=C=S)cc1. The molecule has 1 aromatic rings. The number of aliphatic hydroxyl groups is 1. The number of amides is 1. The summed E-state index contributed by atoms with van der Waals surface area (Å²) in [5, 5.41) is 10.4. The number of thiocarbonyl (C=S) groups is 1. The number of benzene rings is 1. The molecule has 0 aromatic heterocycles. The Morgan fingerprint density at radius 3 is 2.08 bits per heavy atom. The molecule has 0 radical (unpaired) electrons. The Labute approximate surface area is 141 Å². The van der Waals surface area contributed by atoms with Crippen molar-refractivity contribution in [3.8, 4) is 0 Å². The van der Waals surface area contributed by atoms with Gasteiger partial charge < -0.3 is 30.0 Å². The molecule has 0 atom stereocenters. The third-order valence-electron chi connectivity index (χ3n) is 2.98. The van der Waals surface area contributed by atoms with Crippen LogP contribution < -0.4 is 5.32 Å². The molecule has 10 nitrogen and oxygen atoms in total. The molecule has 1 rings (SSSR count). The monoisotopic (exact) mass is 396 g/mol. The summed E-state index contributed by atoms with van der Waals surface area (Å²) in [5.41, 5.74) is 0.619. The van der Waals surface area contributed by atoms with Gasteiger partial charge in [-0.1, -0.05) is 0 Å². The first kappa shape index (κ1) is 20.8. The minimum atomic E-state index is -5.54. The number of carbonyl (C=O) groups excluding carboxylic acids is 1. The van der Waals surface area contributed by atoms with E-state index >= 15 is 0 Å². The molecule has 13 heteroatoms. The number of hydrogen-bond donors (Lipinski definition) is 6. The molecular formula is C11H14N2O8P2S. The average molecular weight is 396 g/mol. The predicted octanol–water partition coefficient (Wildman–Crippen LogP) is 0.542. The molecular weight excluding hydrogens is 382 g/mol. The van der Waals surface area contributed by atoms with E-state index in [1.807, 2.05) is 0 Å². The Bertz CT molecular complexity index is 728. The summed E-state index contributed by atoms with van der Waals surface area (Å²) in [6.07, 6.45) is -1.04. The van der Waals surface area contributed by atoms with E-state index < -0.39 is 39.1 Å². The van der Waals surface area contributed by atoms with E-state index in [9.17, 15) is 19.0 Å². The molecule has 0 aliphatic heterocycles. The van der Waals surface area contributed by atoms with Gasteiger partial charge in [0.1, 0.15) is 0 Å². The number of nitrogens with zero attached hydrogens (tertiary/aromatic N) is 1. The second-order valence-corrected chi connectivity index (χ2v) is 8.81. The van der Waals surface area contributed by atoms with Gasteiger partial charge in [-0.2, -0.15) is 4.99 Å². The zero-order chi connectivity index (χ0) is 18.6. The topological polar surface area (TPSA) is 177 Å². The van der Waals surface area contributed by atoms with E-state index in [4.69, 9.17) is 19.6 Å². The van der Waals surface area contributed by atoms with Crippen LogP contribution >= 0.6 is 27.4 Å². The van der Waals surface area contributed by atoms with Gasteiger partial charge in [-0.05, 0) is 36.5 Å². The van der Waals surface area contributed by atoms with Crippen molar-refractivity contribution in [1.29, 1.82) is 0 Å². The molecule has 0 aliphatic carbocycles. The lowest BCUT2D eigenvalue weighted by molar-refractivity contribution is 0.0926. The lowest BCUT2D eigenvalue weighted by Crippen LogP contribution is -2.35. The average Bonchev–Trinajstić information content (AvgIpc) is 2.45. The van der Waals surface area contributed by atoms with E-state index in [0.717, 1.165) is 0 Å². The van der Waals surface area contributed by atoms with Gasteiger partial charge in [-0.3, -0.25) is 13.9 Å². The van der Waals surface area contributed by atoms with Gasteiger partial charge in [0.05, 0.1) is 10.8 Å². The number of aliphatic imine (C=N–C) groups is 1. The fourth-order valence-corrected chi connectivity index (χ4v) is 3.92. The third-order valence-corrected chi connectivity index (χ3v) is 6.95. The first-order valence-electron chi connectivity index (χ1n) is 6.22. The first-order valence-corrected chi connectivity index (χ1v) is 9.85. The van der Waals surface area contributed by atoms with Crippen molar-refractivity contribution in [3.63, 3.8) is 0 Å². The summed E-state index contributed by atoms with van der Waals surface area (Å²) >= 11 is 4.42. The van der Waals surface area contributed by atoms with Crippen molar-refractivity contribution in [2.24, 2.45) is 4.99 Å². The van der Waals surface area contributed by atoms with E-state index in [0.29, 0.717) is 5.69 Å². The van der Waals surface area contributed by atoms with Crippen LogP contribution in [0, 0.1) is 0 Å². The maximum Gasteiger partial charge on any atom is 0.369 e. The summed E-state index contributed by atoms with van der Waals surface area (Å²) in [4.78, 5) is 51.4. The minimum absolute atomic E-state index is 0.161.